The summed E-state index contributed by atoms with van der Waals surface area (Å²) in [6.07, 6.45) is 13.6. The Labute approximate surface area is 287 Å². The summed E-state index contributed by atoms with van der Waals surface area (Å²) in [5.74, 6) is 3.28. The fourth-order valence-corrected chi connectivity index (χ4v) is 5.71. The SMILES string of the molecule is Cc1ncc(-c2ccc([N+](=O)[O-])cc2)c(NC2CCCC2)n1.Cc1ncc(Br)c(NC2CCCC2)n1.O=[N+]([O-])c1ccc(B(O)O)cc1. The van der Waals surface area contributed by atoms with Crippen LogP contribution in [0.4, 0.5) is 23.0 Å². The number of hydrogen-bond donors (Lipinski definition) is 4. The molecule has 0 amide bonds. The zero-order chi connectivity index (χ0) is 34.6. The molecule has 0 unspecified atom stereocenters. The van der Waals surface area contributed by atoms with E-state index < -0.39 is 17.0 Å². The average molecular weight is 721 g/mol. The van der Waals surface area contributed by atoms with E-state index in [1.807, 2.05) is 13.8 Å². The summed E-state index contributed by atoms with van der Waals surface area (Å²) in [4.78, 5) is 37.2. The maximum atomic E-state index is 10.8. The van der Waals surface area contributed by atoms with E-state index in [9.17, 15) is 20.2 Å². The third-order valence-corrected chi connectivity index (χ3v) is 8.54. The van der Waals surface area contributed by atoms with E-state index in [2.05, 4.69) is 46.5 Å². The molecule has 2 fully saturated rings. The molecule has 2 heterocycles. The van der Waals surface area contributed by atoms with Crippen molar-refractivity contribution in [3.8, 4) is 11.1 Å². The average Bonchev–Trinajstić information content (AvgIpc) is 3.79. The number of non-ortho nitro benzene ring substituents is 2. The molecular weight excluding hydrogens is 683 g/mol. The minimum atomic E-state index is -1.58. The van der Waals surface area contributed by atoms with Crippen molar-refractivity contribution >= 4 is 51.5 Å². The fraction of sp³-hybridized carbons (Fsp3) is 0.375. The standard InChI is InChI=1S/C16H18N4O2.C10H14BrN3.C6H6BNO4/c1-11-17-10-15(12-6-8-14(9-7-12)20(21)22)16(18-11)19-13-4-2-3-5-13;1-7-12-6-9(11)10(13-7)14-8-4-2-3-5-8;9-7(10)5-1-3-6(4-2-5)8(11)12/h6-10,13H,2-5H2,1H3,(H,17,18,19);6,8H,2-5H2,1H3,(H,12,13,14);1-4,9-10H. The number of anilines is 2. The van der Waals surface area contributed by atoms with Crippen molar-refractivity contribution in [2.75, 3.05) is 10.6 Å². The first-order valence-corrected chi connectivity index (χ1v) is 16.5. The van der Waals surface area contributed by atoms with Gasteiger partial charge in [-0.2, -0.15) is 0 Å². The molecule has 6 rings (SSSR count). The normalized spacial score (nSPS) is 14.3. The number of benzene rings is 2. The number of halogens is 1. The molecule has 0 spiro atoms. The molecule has 2 aliphatic carbocycles. The molecule has 0 bridgehead atoms. The highest BCUT2D eigenvalue weighted by Crippen LogP contribution is 2.30. The van der Waals surface area contributed by atoms with Crippen LogP contribution < -0.4 is 16.1 Å². The van der Waals surface area contributed by atoms with E-state index in [1.54, 1.807) is 24.5 Å². The predicted octanol–water partition coefficient (Wildman–Crippen LogP) is 5.89. The third-order valence-electron chi connectivity index (χ3n) is 7.96. The Morgan fingerprint density at radius 2 is 1.17 bits per heavy atom. The topological polar surface area (TPSA) is 202 Å². The zero-order valence-corrected chi connectivity index (χ0v) is 28.3. The monoisotopic (exact) mass is 720 g/mol. The number of nitrogens with one attached hydrogen (secondary N) is 2. The van der Waals surface area contributed by atoms with E-state index in [1.165, 1.54) is 74.9 Å². The molecule has 2 aliphatic rings. The van der Waals surface area contributed by atoms with Gasteiger partial charge in [0.2, 0.25) is 0 Å². The number of nitrogens with zero attached hydrogens (tertiary/aromatic N) is 6. The lowest BCUT2D eigenvalue weighted by atomic mass is 9.80. The molecule has 252 valence electrons. The smallest absolute Gasteiger partial charge is 0.423 e. The van der Waals surface area contributed by atoms with Crippen molar-refractivity contribution < 1.29 is 19.9 Å². The Hall–Kier alpha value is -4.54. The van der Waals surface area contributed by atoms with E-state index in [4.69, 9.17) is 10.0 Å². The van der Waals surface area contributed by atoms with Crippen LogP contribution >= 0.6 is 15.9 Å². The number of hydrogen-bond acceptors (Lipinski definition) is 12. The van der Waals surface area contributed by atoms with Gasteiger partial charge in [-0.25, -0.2) is 19.9 Å². The summed E-state index contributed by atoms with van der Waals surface area (Å²) in [5.41, 5.74) is 2.01. The maximum Gasteiger partial charge on any atom is 0.488 e. The van der Waals surface area contributed by atoms with Crippen LogP contribution in [0.2, 0.25) is 0 Å². The molecule has 0 aliphatic heterocycles. The van der Waals surface area contributed by atoms with Crippen LogP contribution in [0.1, 0.15) is 63.0 Å². The summed E-state index contributed by atoms with van der Waals surface area (Å²) in [7, 11) is -1.58. The van der Waals surface area contributed by atoms with Crippen LogP contribution in [0.25, 0.3) is 11.1 Å². The van der Waals surface area contributed by atoms with Gasteiger partial charge in [0.05, 0.1) is 14.3 Å². The summed E-state index contributed by atoms with van der Waals surface area (Å²) >= 11 is 3.45. The summed E-state index contributed by atoms with van der Waals surface area (Å²) in [5, 5.41) is 45.2. The van der Waals surface area contributed by atoms with Crippen molar-refractivity contribution in [3.63, 3.8) is 0 Å². The molecule has 0 saturated heterocycles. The highest BCUT2D eigenvalue weighted by atomic mass is 79.9. The number of nitro benzene ring substituents is 2. The van der Waals surface area contributed by atoms with E-state index >= 15 is 0 Å². The number of rotatable bonds is 8. The first-order valence-electron chi connectivity index (χ1n) is 15.7. The van der Waals surface area contributed by atoms with Crippen molar-refractivity contribution in [1.29, 1.82) is 0 Å². The molecule has 2 aromatic carbocycles. The van der Waals surface area contributed by atoms with Crippen molar-refractivity contribution in [2.24, 2.45) is 0 Å². The van der Waals surface area contributed by atoms with Gasteiger partial charge in [-0.3, -0.25) is 20.2 Å². The Bertz CT molecular complexity index is 1670. The third kappa shape index (κ3) is 10.8. The van der Waals surface area contributed by atoms with Gasteiger partial charge in [0, 0.05) is 54.3 Å². The molecule has 2 aromatic heterocycles. The van der Waals surface area contributed by atoms with Gasteiger partial charge in [0.1, 0.15) is 23.3 Å². The lowest BCUT2D eigenvalue weighted by molar-refractivity contribution is -0.385. The molecule has 14 nitrogen and oxygen atoms in total. The fourth-order valence-electron chi connectivity index (χ4n) is 5.41. The van der Waals surface area contributed by atoms with Crippen LogP contribution in [0.3, 0.4) is 0 Å². The molecule has 0 atom stereocenters. The van der Waals surface area contributed by atoms with Gasteiger partial charge in [-0.1, -0.05) is 37.8 Å². The van der Waals surface area contributed by atoms with Crippen molar-refractivity contribution in [3.05, 3.63) is 97.3 Å². The van der Waals surface area contributed by atoms with E-state index in [-0.39, 0.29) is 16.8 Å². The quantitative estimate of drug-likeness (QED) is 0.0956. The number of aryl methyl sites for hydroxylation is 2. The Kier molecular flexibility index (Phi) is 13.3. The van der Waals surface area contributed by atoms with Crippen LogP contribution in [0.15, 0.2) is 65.4 Å². The molecule has 0 radical (unpaired) electrons. The van der Waals surface area contributed by atoms with Crippen LogP contribution in [-0.2, 0) is 0 Å². The largest absolute Gasteiger partial charge is 0.488 e. The second-order valence-corrected chi connectivity index (χ2v) is 12.4. The summed E-state index contributed by atoms with van der Waals surface area (Å²) < 4.78 is 0.954. The Balaban J connectivity index is 0.000000173. The highest BCUT2D eigenvalue weighted by molar-refractivity contribution is 9.10. The lowest BCUT2D eigenvalue weighted by Crippen LogP contribution is -2.29. The van der Waals surface area contributed by atoms with Gasteiger partial charge < -0.3 is 20.7 Å². The van der Waals surface area contributed by atoms with E-state index in [0.29, 0.717) is 17.9 Å². The summed E-state index contributed by atoms with van der Waals surface area (Å²) in [6, 6.07) is 12.6. The zero-order valence-electron chi connectivity index (χ0n) is 26.8. The van der Waals surface area contributed by atoms with Crippen molar-refractivity contribution in [2.45, 2.75) is 77.3 Å². The van der Waals surface area contributed by atoms with Gasteiger partial charge in [0.25, 0.3) is 11.4 Å². The second-order valence-electron chi connectivity index (χ2n) is 11.6. The minimum absolute atomic E-state index is 0.0700. The van der Waals surface area contributed by atoms with E-state index in [0.717, 1.165) is 45.9 Å². The van der Waals surface area contributed by atoms with Crippen LogP contribution in [0.5, 0.6) is 0 Å². The maximum absolute atomic E-state index is 10.8. The molecule has 48 heavy (non-hydrogen) atoms. The molecule has 4 N–H and O–H groups in total. The first kappa shape index (κ1) is 36.3. The number of aromatic nitrogens is 4. The highest BCUT2D eigenvalue weighted by Gasteiger charge is 2.19. The minimum Gasteiger partial charge on any atom is -0.423 e. The molecule has 16 heteroatoms. The van der Waals surface area contributed by atoms with Gasteiger partial charge in [-0.05, 0) is 78.6 Å². The number of nitro groups is 2. The molecule has 4 aromatic rings. The van der Waals surface area contributed by atoms with Gasteiger partial charge >= 0.3 is 7.12 Å². The predicted molar refractivity (Wildman–Crippen MR) is 188 cm³/mol. The summed E-state index contributed by atoms with van der Waals surface area (Å²) in [6.45, 7) is 3.77. The van der Waals surface area contributed by atoms with Crippen LogP contribution in [-0.4, -0.2) is 59.0 Å². The molecular formula is C32H38BBrN8O6. The second kappa shape index (κ2) is 17.6. The molecule has 2 saturated carbocycles. The lowest BCUT2D eigenvalue weighted by Gasteiger charge is -2.16. The van der Waals surface area contributed by atoms with Crippen LogP contribution in [0, 0.1) is 34.1 Å². The first-order chi connectivity index (χ1) is 23.0. The van der Waals surface area contributed by atoms with Crippen molar-refractivity contribution in [1.82, 2.24) is 19.9 Å². The Morgan fingerprint density at radius 1 is 0.729 bits per heavy atom. The van der Waals surface area contributed by atoms with Gasteiger partial charge in [0.15, 0.2) is 0 Å². The Morgan fingerprint density at radius 3 is 1.65 bits per heavy atom. The van der Waals surface area contributed by atoms with Gasteiger partial charge in [-0.15, -0.1) is 0 Å².